The molecule has 0 spiro atoms. The molecule has 0 radical (unpaired) electrons. The number of ether oxygens (including phenoxy) is 2. The minimum absolute atomic E-state index is 0.116. The monoisotopic (exact) mass is 278 g/mol. The Morgan fingerprint density at radius 2 is 2.26 bits per heavy atom. The Morgan fingerprint density at radius 1 is 1.47 bits per heavy atom. The van der Waals surface area contributed by atoms with Crippen molar-refractivity contribution in [3.63, 3.8) is 0 Å². The van der Waals surface area contributed by atoms with Gasteiger partial charge in [0.1, 0.15) is 6.10 Å². The van der Waals surface area contributed by atoms with Gasteiger partial charge >= 0.3 is 6.18 Å². The maximum Gasteiger partial charge on any atom is 0.453 e. The van der Waals surface area contributed by atoms with E-state index in [0.717, 1.165) is 4.68 Å². The number of aliphatic hydroxyl groups is 1. The Bertz CT molecular complexity index is 547. The topological polar surface area (TPSA) is 81.4 Å². The molecule has 1 aromatic rings. The fourth-order valence-corrected chi connectivity index (χ4v) is 2.73. The molecule has 104 valence electrons. The molecule has 2 fully saturated rings. The van der Waals surface area contributed by atoms with E-state index in [4.69, 9.17) is 9.47 Å². The minimum Gasteiger partial charge on any atom is -0.366 e. The summed E-state index contributed by atoms with van der Waals surface area (Å²) in [6.45, 7) is 0.208. The zero-order valence-electron chi connectivity index (χ0n) is 9.39. The van der Waals surface area contributed by atoms with Crippen molar-refractivity contribution in [3.05, 3.63) is 5.82 Å². The zero-order chi connectivity index (χ0) is 13.4. The van der Waals surface area contributed by atoms with Gasteiger partial charge < -0.3 is 19.9 Å². The molecule has 3 aliphatic heterocycles. The summed E-state index contributed by atoms with van der Waals surface area (Å²) in [6.07, 6.45) is -5.78. The third-order valence-electron chi connectivity index (χ3n) is 3.58. The second kappa shape index (κ2) is 3.19. The van der Waals surface area contributed by atoms with Gasteiger partial charge in [0.15, 0.2) is 5.72 Å². The third kappa shape index (κ3) is 1.44. The van der Waals surface area contributed by atoms with Crippen LogP contribution < -0.4 is 5.32 Å². The van der Waals surface area contributed by atoms with Gasteiger partial charge in [0.25, 0.3) is 5.82 Å². The first-order valence-corrected chi connectivity index (χ1v) is 5.68. The van der Waals surface area contributed by atoms with Gasteiger partial charge in [-0.05, 0) is 0 Å². The van der Waals surface area contributed by atoms with Crippen LogP contribution in [-0.4, -0.2) is 44.6 Å². The highest BCUT2D eigenvalue weighted by atomic mass is 19.4. The summed E-state index contributed by atoms with van der Waals surface area (Å²) < 4.78 is 49.6. The van der Waals surface area contributed by atoms with Crippen molar-refractivity contribution in [3.8, 4) is 0 Å². The molecule has 0 saturated carbocycles. The van der Waals surface area contributed by atoms with E-state index in [1.54, 1.807) is 0 Å². The maximum absolute atomic E-state index is 12.6. The molecule has 19 heavy (non-hydrogen) atoms. The van der Waals surface area contributed by atoms with Crippen LogP contribution in [0.25, 0.3) is 0 Å². The molecule has 4 atom stereocenters. The van der Waals surface area contributed by atoms with Crippen molar-refractivity contribution in [1.29, 1.82) is 0 Å². The van der Waals surface area contributed by atoms with E-state index >= 15 is 0 Å². The molecule has 2 saturated heterocycles. The number of hydrogen-bond donors (Lipinski definition) is 2. The SMILES string of the molecule is O[C@@]12C[C@@H]([C@@H]3CO[C@@H]1O3)n1nc(C(F)(F)F)nc1N2. The van der Waals surface area contributed by atoms with Crippen LogP contribution in [0.4, 0.5) is 19.1 Å². The van der Waals surface area contributed by atoms with Crippen molar-refractivity contribution in [2.45, 2.75) is 36.8 Å². The van der Waals surface area contributed by atoms with Crippen LogP contribution in [0, 0.1) is 0 Å². The van der Waals surface area contributed by atoms with Gasteiger partial charge in [-0.2, -0.15) is 18.2 Å². The highest BCUT2D eigenvalue weighted by Gasteiger charge is 2.58. The average molecular weight is 278 g/mol. The molecule has 0 aliphatic carbocycles. The van der Waals surface area contributed by atoms with Crippen molar-refractivity contribution in [1.82, 2.24) is 14.8 Å². The average Bonchev–Trinajstić information content (AvgIpc) is 2.89. The first kappa shape index (κ1) is 11.4. The normalized spacial score (nSPS) is 39.9. The summed E-state index contributed by atoms with van der Waals surface area (Å²) >= 11 is 0. The lowest BCUT2D eigenvalue weighted by Crippen LogP contribution is -2.58. The van der Waals surface area contributed by atoms with Crippen LogP contribution in [-0.2, 0) is 15.7 Å². The number of halogens is 3. The lowest BCUT2D eigenvalue weighted by molar-refractivity contribution is -0.215. The van der Waals surface area contributed by atoms with Crippen molar-refractivity contribution < 1.29 is 27.8 Å². The third-order valence-corrected chi connectivity index (χ3v) is 3.58. The molecule has 4 heterocycles. The van der Waals surface area contributed by atoms with Crippen LogP contribution in [0.5, 0.6) is 0 Å². The van der Waals surface area contributed by atoms with E-state index in [9.17, 15) is 18.3 Å². The number of rotatable bonds is 0. The Labute approximate surface area is 104 Å². The molecule has 7 nitrogen and oxygen atoms in total. The van der Waals surface area contributed by atoms with E-state index in [-0.39, 0.29) is 19.0 Å². The van der Waals surface area contributed by atoms with Gasteiger partial charge in [-0.1, -0.05) is 0 Å². The highest BCUT2D eigenvalue weighted by Crippen LogP contribution is 2.45. The van der Waals surface area contributed by atoms with Crippen molar-refractivity contribution >= 4 is 5.95 Å². The largest absolute Gasteiger partial charge is 0.453 e. The fourth-order valence-electron chi connectivity index (χ4n) is 2.73. The van der Waals surface area contributed by atoms with Crippen LogP contribution >= 0.6 is 0 Å². The van der Waals surface area contributed by atoms with Crippen LogP contribution in [0.1, 0.15) is 18.3 Å². The van der Waals surface area contributed by atoms with E-state index in [2.05, 4.69) is 15.4 Å². The molecule has 3 aliphatic rings. The second-order valence-electron chi connectivity index (χ2n) is 4.86. The Morgan fingerprint density at radius 3 is 3.00 bits per heavy atom. The second-order valence-corrected chi connectivity index (χ2v) is 4.86. The van der Waals surface area contributed by atoms with Gasteiger partial charge in [0.05, 0.1) is 12.6 Å². The Kier molecular flexibility index (Phi) is 1.92. The highest BCUT2D eigenvalue weighted by molar-refractivity contribution is 5.35. The molecule has 10 heteroatoms. The summed E-state index contributed by atoms with van der Waals surface area (Å²) in [4.78, 5) is 3.39. The molecule has 1 aromatic heterocycles. The number of anilines is 1. The number of nitrogens with one attached hydrogen (secondary N) is 1. The van der Waals surface area contributed by atoms with E-state index in [1.807, 2.05) is 0 Å². The van der Waals surface area contributed by atoms with E-state index in [1.165, 1.54) is 0 Å². The number of alkyl halides is 3. The van der Waals surface area contributed by atoms with E-state index < -0.39 is 36.2 Å². The van der Waals surface area contributed by atoms with Gasteiger partial charge in [-0.15, -0.1) is 5.10 Å². The quantitative estimate of drug-likeness (QED) is 0.700. The number of nitrogens with zero attached hydrogens (tertiary/aromatic N) is 3. The summed E-state index contributed by atoms with van der Waals surface area (Å²) in [5.74, 6) is -1.35. The van der Waals surface area contributed by atoms with Crippen molar-refractivity contribution in [2.24, 2.45) is 0 Å². The zero-order valence-corrected chi connectivity index (χ0v) is 9.39. The molecule has 0 aromatic carbocycles. The smallest absolute Gasteiger partial charge is 0.366 e. The first-order valence-electron chi connectivity index (χ1n) is 5.68. The van der Waals surface area contributed by atoms with Gasteiger partial charge in [0, 0.05) is 6.42 Å². The lowest BCUT2D eigenvalue weighted by atomic mass is 9.95. The summed E-state index contributed by atoms with van der Waals surface area (Å²) in [7, 11) is 0. The molecule has 4 rings (SSSR count). The van der Waals surface area contributed by atoms with E-state index in [0.29, 0.717) is 0 Å². The number of fused-ring (bicyclic) bond motifs is 8. The first-order chi connectivity index (χ1) is 8.87. The van der Waals surface area contributed by atoms with Crippen LogP contribution in [0.3, 0.4) is 0 Å². The Balaban J connectivity index is 1.82. The molecule has 4 bridgehead atoms. The van der Waals surface area contributed by atoms with Crippen LogP contribution in [0.15, 0.2) is 0 Å². The maximum atomic E-state index is 12.6. The van der Waals surface area contributed by atoms with Crippen LogP contribution in [0.2, 0.25) is 0 Å². The molecule has 2 N–H and O–H groups in total. The molecule has 0 unspecified atom stereocenters. The Hall–Kier alpha value is -1.39. The minimum atomic E-state index is -4.63. The van der Waals surface area contributed by atoms with Gasteiger partial charge in [0.2, 0.25) is 12.2 Å². The standard InChI is InChI=1S/C9H9F3N4O3/c10-9(11,12)5-13-7-14-8(17)1-3(16(7)15-5)4-2-18-6(8)19-4/h3-4,6,17H,1-2H2,(H,13,14,15)/t3-,4-,6+,8-/m0/s1. The van der Waals surface area contributed by atoms with Crippen molar-refractivity contribution in [2.75, 3.05) is 11.9 Å². The molecular formula is C9H9F3N4O3. The summed E-state index contributed by atoms with van der Waals surface area (Å²) in [5, 5.41) is 16.3. The number of hydrogen-bond acceptors (Lipinski definition) is 6. The van der Waals surface area contributed by atoms with Gasteiger partial charge in [-0.3, -0.25) is 0 Å². The molecular weight excluding hydrogens is 269 g/mol. The fraction of sp³-hybridized carbons (Fsp3) is 0.778. The summed E-state index contributed by atoms with van der Waals surface area (Å²) in [6, 6.07) is -0.524. The predicted molar refractivity (Wildman–Crippen MR) is 51.9 cm³/mol. The summed E-state index contributed by atoms with van der Waals surface area (Å²) in [5.41, 5.74) is -1.57. The number of aromatic nitrogens is 3. The molecule has 0 amide bonds. The van der Waals surface area contributed by atoms with Gasteiger partial charge in [-0.25, -0.2) is 4.68 Å². The lowest BCUT2D eigenvalue weighted by Gasteiger charge is -2.44. The predicted octanol–water partition coefficient (Wildman–Crippen LogP) is 0.0973.